The van der Waals surface area contributed by atoms with Crippen molar-refractivity contribution in [1.29, 1.82) is 0 Å². The van der Waals surface area contributed by atoms with Crippen LogP contribution in [0.5, 0.6) is 0 Å². The van der Waals surface area contributed by atoms with Crippen LogP contribution in [0.2, 0.25) is 0 Å². The van der Waals surface area contributed by atoms with Crippen LogP contribution in [-0.4, -0.2) is 25.0 Å². The van der Waals surface area contributed by atoms with Gasteiger partial charge in [-0.1, -0.05) is 22.0 Å². The van der Waals surface area contributed by atoms with Crippen LogP contribution in [0.25, 0.3) is 0 Å². The predicted molar refractivity (Wildman–Crippen MR) is 83.3 cm³/mol. The third-order valence-corrected chi connectivity index (χ3v) is 3.94. The summed E-state index contributed by atoms with van der Waals surface area (Å²) in [7, 11) is 1.74. The van der Waals surface area contributed by atoms with Crippen molar-refractivity contribution in [3.05, 3.63) is 28.2 Å². The van der Waals surface area contributed by atoms with E-state index in [1.54, 1.807) is 7.11 Å². The maximum atomic E-state index is 5.10. The van der Waals surface area contributed by atoms with Gasteiger partial charge in [0.15, 0.2) is 0 Å². The van der Waals surface area contributed by atoms with Crippen LogP contribution in [-0.2, 0) is 11.3 Å². The normalized spacial score (nSPS) is 11.8. The second kappa shape index (κ2) is 7.53. The highest BCUT2D eigenvalue weighted by Crippen LogP contribution is 2.26. The molecule has 0 fully saturated rings. The average molecular weight is 332 g/mol. The van der Waals surface area contributed by atoms with E-state index in [4.69, 9.17) is 4.74 Å². The lowest BCUT2D eigenvalue weighted by Gasteiger charge is -2.21. The lowest BCUT2D eigenvalue weighted by molar-refractivity contribution is 0.218. The van der Waals surface area contributed by atoms with Crippen molar-refractivity contribution in [3.63, 3.8) is 0 Å². The highest BCUT2D eigenvalue weighted by molar-refractivity contribution is 9.10. The topological polar surface area (TPSA) is 21.3 Å². The summed E-state index contributed by atoms with van der Waals surface area (Å²) in [6, 6.07) is 6.46. The molecule has 0 aliphatic rings. The first-order valence-electron chi connectivity index (χ1n) is 6.07. The Bertz CT molecular complexity index is 377. The first-order valence-corrected chi connectivity index (χ1v) is 7.85. The number of hydrogen-bond donors (Lipinski definition) is 1. The molecular weight excluding hydrogens is 310 g/mol. The number of halogens is 1. The van der Waals surface area contributed by atoms with Gasteiger partial charge in [0.05, 0.1) is 6.61 Å². The molecule has 0 saturated carbocycles. The summed E-state index contributed by atoms with van der Waals surface area (Å²) >= 11 is 5.37. The second-order valence-electron chi connectivity index (χ2n) is 5.20. The highest BCUT2D eigenvalue weighted by atomic mass is 79.9. The van der Waals surface area contributed by atoms with Crippen LogP contribution in [0.3, 0.4) is 0 Å². The Morgan fingerprint density at radius 3 is 2.67 bits per heavy atom. The second-order valence-corrected chi connectivity index (χ2v) is 7.25. The highest BCUT2D eigenvalue weighted by Gasteiger charge is 2.10. The molecule has 2 nitrogen and oxygen atoms in total. The minimum absolute atomic E-state index is 0.140. The smallest absolute Gasteiger partial charge is 0.0556 e. The van der Waals surface area contributed by atoms with Crippen molar-refractivity contribution in [2.75, 3.05) is 19.5 Å². The zero-order valence-corrected chi connectivity index (χ0v) is 14.0. The number of rotatable bonds is 6. The zero-order chi connectivity index (χ0) is 13.6. The van der Waals surface area contributed by atoms with Gasteiger partial charge in [-0.15, -0.1) is 11.8 Å². The maximum absolute atomic E-state index is 5.10. The Labute approximate surface area is 123 Å². The molecule has 1 N–H and O–H groups in total. The number of methoxy groups -OCH3 is 1. The van der Waals surface area contributed by atoms with Crippen LogP contribution >= 0.6 is 27.7 Å². The average Bonchev–Trinajstić information content (AvgIpc) is 2.27. The fourth-order valence-corrected chi connectivity index (χ4v) is 2.92. The quantitative estimate of drug-likeness (QED) is 0.627. The third-order valence-electron chi connectivity index (χ3n) is 2.38. The fraction of sp³-hybridized carbons (Fsp3) is 0.571. The first-order chi connectivity index (χ1) is 8.42. The standard InChI is InChI=1S/C14H22BrNOS/c1-14(2,3)16-10-11-5-6-12(15)9-13(11)18-8-7-17-4/h5-6,9,16H,7-8,10H2,1-4H3. The number of hydrogen-bond acceptors (Lipinski definition) is 3. The molecule has 0 radical (unpaired) electrons. The lowest BCUT2D eigenvalue weighted by atomic mass is 10.1. The molecule has 0 amide bonds. The van der Waals surface area contributed by atoms with Gasteiger partial charge in [-0.25, -0.2) is 0 Å². The Balaban J connectivity index is 2.70. The predicted octanol–water partition coefficient (Wildman–Crippen LogP) is 4.08. The number of benzene rings is 1. The monoisotopic (exact) mass is 331 g/mol. The Morgan fingerprint density at radius 2 is 2.06 bits per heavy atom. The Hall–Kier alpha value is -0.0300. The number of thioether (sulfide) groups is 1. The van der Waals surface area contributed by atoms with Gasteiger partial charge >= 0.3 is 0 Å². The van der Waals surface area contributed by atoms with Gasteiger partial charge in [0, 0.05) is 34.3 Å². The first kappa shape index (κ1) is 16.0. The van der Waals surface area contributed by atoms with E-state index in [1.807, 2.05) is 11.8 Å². The van der Waals surface area contributed by atoms with Crippen molar-refractivity contribution in [2.45, 2.75) is 37.8 Å². The van der Waals surface area contributed by atoms with E-state index in [0.717, 1.165) is 23.4 Å². The molecule has 1 aromatic carbocycles. The van der Waals surface area contributed by atoms with Gasteiger partial charge in [-0.2, -0.15) is 0 Å². The summed E-state index contributed by atoms with van der Waals surface area (Å²) in [5.74, 6) is 0.982. The molecule has 0 bridgehead atoms. The summed E-state index contributed by atoms with van der Waals surface area (Å²) in [5, 5.41) is 3.53. The van der Waals surface area contributed by atoms with E-state index in [-0.39, 0.29) is 5.54 Å². The van der Waals surface area contributed by atoms with Crippen LogP contribution in [0.4, 0.5) is 0 Å². The summed E-state index contributed by atoms with van der Waals surface area (Å²) in [5.41, 5.74) is 1.48. The van der Waals surface area contributed by atoms with E-state index in [9.17, 15) is 0 Å². The van der Waals surface area contributed by atoms with Crippen molar-refractivity contribution >= 4 is 27.7 Å². The third kappa shape index (κ3) is 6.23. The molecule has 0 atom stereocenters. The van der Waals surface area contributed by atoms with Crippen LogP contribution in [0, 0.1) is 0 Å². The van der Waals surface area contributed by atoms with Gasteiger partial charge in [0.2, 0.25) is 0 Å². The molecule has 0 spiro atoms. The Kier molecular flexibility index (Phi) is 6.71. The molecule has 0 heterocycles. The lowest BCUT2D eigenvalue weighted by Crippen LogP contribution is -2.35. The van der Waals surface area contributed by atoms with E-state index in [2.05, 4.69) is 60.2 Å². The molecular formula is C14H22BrNOS. The van der Waals surface area contributed by atoms with Gasteiger partial charge < -0.3 is 10.1 Å². The van der Waals surface area contributed by atoms with E-state index in [0.29, 0.717) is 0 Å². The summed E-state index contributed by atoms with van der Waals surface area (Å²) < 4.78 is 6.23. The molecule has 0 saturated heterocycles. The van der Waals surface area contributed by atoms with Gasteiger partial charge in [0.1, 0.15) is 0 Å². The summed E-state index contributed by atoms with van der Waals surface area (Å²) in [4.78, 5) is 1.32. The SMILES string of the molecule is COCCSc1cc(Br)ccc1CNC(C)(C)C. The van der Waals surface area contributed by atoms with Crippen molar-refractivity contribution in [3.8, 4) is 0 Å². The maximum Gasteiger partial charge on any atom is 0.0556 e. The molecule has 0 aliphatic heterocycles. The van der Waals surface area contributed by atoms with Crippen LogP contribution in [0.15, 0.2) is 27.6 Å². The fourth-order valence-electron chi connectivity index (χ4n) is 1.40. The van der Waals surface area contributed by atoms with Gasteiger partial charge in [0.25, 0.3) is 0 Å². The molecule has 0 aromatic heterocycles. The molecule has 0 unspecified atom stereocenters. The van der Waals surface area contributed by atoms with E-state index < -0.39 is 0 Å². The van der Waals surface area contributed by atoms with Gasteiger partial charge in [-0.05, 0) is 38.5 Å². The van der Waals surface area contributed by atoms with E-state index >= 15 is 0 Å². The summed E-state index contributed by atoms with van der Waals surface area (Å²) in [6.07, 6.45) is 0. The van der Waals surface area contributed by atoms with Crippen molar-refractivity contribution in [1.82, 2.24) is 5.32 Å². The van der Waals surface area contributed by atoms with E-state index in [1.165, 1.54) is 10.5 Å². The molecule has 1 aromatic rings. The molecule has 0 aliphatic carbocycles. The van der Waals surface area contributed by atoms with Gasteiger partial charge in [-0.3, -0.25) is 0 Å². The van der Waals surface area contributed by atoms with Crippen molar-refractivity contribution < 1.29 is 4.74 Å². The molecule has 1 rings (SSSR count). The minimum Gasteiger partial charge on any atom is -0.384 e. The van der Waals surface area contributed by atoms with Crippen LogP contribution in [0.1, 0.15) is 26.3 Å². The zero-order valence-electron chi connectivity index (χ0n) is 11.5. The number of nitrogens with one attached hydrogen (secondary N) is 1. The molecule has 102 valence electrons. The largest absolute Gasteiger partial charge is 0.384 e. The number of ether oxygens (including phenoxy) is 1. The van der Waals surface area contributed by atoms with Crippen molar-refractivity contribution in [2.24, 2.45) is 0 Å². The Morgan fingerprint density at radius 1 is 1.33 bits per heavy atom. The van der Waals surface area contributed by atoms with Crippen LogP contribution < -0.4 is 5.32 Å². The molecule has 4 heteroatoms. The summed E-state index contributed by atoms with van der Waals surface area (Å²) in [6.45, 7) is 8.23. The minimum atomic E-state index is 0.140. The molecule has 18 heavy (non-hydrogen) atoms.